The zero-order valence-electron chi connectivity index (χ0n) is 11.7. The highest BCUT2D eigenvalue weighted by atomic mass is 32.2. The molecule has 122 valence electrons. The molecule has 0 heterocycles. The summed E-state index contributed by atoms with van der Waals surface area (Å²) in [4.78, 5) is 11.0. The fraction of sp³-hybridized carbons (Fsp3) is 0.133. The number of alkyl halides is 3. The molecule has 0 atom stereocenters. The molecule has 0 saturated heterocycles. The summed E-state index contributed by atoms with van der Waals surface area (Å²) >= 11 is 0. The van der Waals surface area contributed by atoms with E-state index >= 15 is 0 Å². The topological polar surface area (TPSA) is 63.2 Å². The number of nitrogens with one attached hydrogen (secondary N) is 1. The molecule has 4 nitrogen and oxygen atoms in total. The largest absolute Gasteiger partial charge is 0.501 e. The van der Waals surface area contributed by atoms with Crippen LogP contribution in [0.5, 0.6) is 0 Å². The minimum Gasteiger partial charge on any atom is -0.348 e. The lowest BCUT2D eigenvalue weighted by atomic mass is 10.2. The van der Waals surface area contributed by atoms with Crippen LogP contribution in [0.25, 0.3) is 0 Å². The Balaban J connectivity index is 2.09. The summed E-state index contributed by atoms with van der Waals surface area (Å²) in [7, 11) is -5.41. The summed E-state index contributed by atoms with van der Waals surface area (Å²) in [5.41, 5.74) is -4.44. The second-order valence-corrected chi connectivity index (χ2v) is 6.58. The molecule has 0 aromatic heterocycles. The summed E-state index contributed by atoms with van der Waals surface area (Å²) in [5.74, 6) is -0.509. The van der Waals surface area contributed by atoms with Crippen molar-refractivity contribution < 1.29 is 26.4 Å². The molecule has 0 aliphatic heterocycles. The molecule has 0 fully saturated rings. The van der Waals surface area contributed by atoms with E-state index < -0.39 is 26.1 Å². The Labute approximate surface area is 130 Å². The minimum absolute atomic E-state index is 0.0713. The summed E-state index contributed by atoms with van der Waals surface area (Å²) in [6, 6.07) is 12.7. The van der Waals surface area contributed by atoms with Crippen LogP contribution in [0.4, 0.5) is 13.2 Å². The molecule has 0 spiro atoms. The van der Waals surface area contributed by atoms with Gasteiger partial charge in [-0.05, 0) is 29.8 Å². The van der Waals surface area contributed by atoms with E-state index in [9.17, 15) is 26.4 Å². The molecule has 0 radical (unpaired) electrons. The third-order valence-corrected chi connectivity index (χ3v) is 4.53. The Kier molecular flexibility index (Phi) is 4.74. The number of benzene rings is 2. The van der Waals surface area contributed by atoms with Gasteiger partial charge in [0, 0.05) is 12.1 Å². The van der Waals surface area contributed by atoms with Crippen molar-refractivity contribution >= 4 is 15.7 Å². The van der Waals surface area contributed by atoms with Crippen molar-refractivity contribution in [2.75, 3.05) is 0 Å². The number of rotatable bonds is 4. The molecule has 8 heteroatoms. The van der Waals surface area contributed by atoms with Crippen LogP contribution >= 0.6 is 0 Å². The van der Waals surface area contributed by atoms with E-state index in [1.54, 1.807) is 24.3 Å². The number of amides is 1. The fourth-order valence-electron chi connectivity index (χ4n) is 1.80. The lowest BCUT2D eigenvalue weighted by Crippen LogP contribution is -2.24. The lowest BCUT2D eigenvalue weighted by Gasteiger charge is -2.09. The first-order valence-corrected chi connectivity index (χ1v) is 7.93. The number of hydrogen-bond acceptors (Lipinski definition) is 3. The highest BCUT2D eigenvalue weighted by molar-refractivity contribution is 7.92. The van der Waals surface area contributed by atoms with Gasteiger partial charge in [0.2, 0.25) is 0 Å². The zero-order valence-corrected chi connectivity index (χ0v) is 12.5. The Hall–Kier alpha value is -2.35. The van der Waals surface area contributed by atoms with Gasteiger partial charge < -0.3 is 5.32 Å². The number of hydrogen-bond donors (Lipinski definition) is 1. The van der Waals surface area contributed by atoms with Crippen LogP contribution in [0, 0.1) is 0 Å². The standard InChI is InChI=1S/C15H12F3NO3S/c16-15(17,18)23(21,22)13-8-6-12(7-9-13)14(20)19-10-11-4-2-1-3-5-11/h1-9H,10H2,(H,19,20). The van der Waals surface area contributed by atoms with Crippen LogP contribution in [-0.2, 0) is 16.4 Å². The maximum Gasteiger partial charge on any atom is 0.501 e. The third-order valence-electron chi connectivity index (χ3n) is 3.03. The maximum absolute atomic E-state index is 12.4. The zero-order chi connectivity index (χ0) is 17.1. The summed E-state index contributed by atoms with van der Waals surface area (Å²) in [6.07, 6.45) is 0. The SMILES string of the molecule is O=C(NCc1ccccc1)c1ccc(S(=O)(=O)C(F)(F)F)cc1. The van der Waals surface area contributed by atoms with Crippen molar-refractivity contribution in [2.45, 2.75) is 16.9 Å². The first-order chi connectivity index (χ1) is 10.7. The van der Waals surface area contributed by atoms with Gasteiger partial charge >= 0.3 is 5.51 Å². The van der Waals surface area contributed by atoms with Gasteiger partial charge in [-0.1, -0.05) is 30.3 Å². The Morgan fingerprint density at radius 1 is 0.957 bits per heavy atom. The molecule has 0 unspecified atom stereocenters. The van der Waals surface area contributed by atoms with Crippen molar-refractivity contribution in [3.05, 3.63) is 65.7 Å². The van der Waals surface area contributed by atoms with Gasteiger partial charge in [-0.2, -0.15) is 13.2 Å². The molecule has 0 saturated carbocycles. The predicted molar refractivity (Wildman–Crippen MR) is 77.3 cm³/mol. The summed E-state index contributed by atoms with van der Waals surface area (Å²) in [5, 5.41) is 2.59. The van der Waals surface area contributed by atoms with Crippen LogP contribution in [0.3, 0.4) is 0 Å². The normalized spacial score (nSPS) is 12.0. The lowest BCUT2D eigenvalue weighted by molar-refractivity contribution is -0.0436. The molecular formula is C15H12F3NO3S. The molecule has 0 aliphatic carbocycles. The van der Waals surface area contributed by atoms with Crippen molar-refractivity contribution in [1.82, 2.24) is 5.32 Å². The predicted octanol–water partition coefficient (Wildman–Crippen LogP) is 2.91. The summed E-state index contributed by atoms with van der Waals surface area (Å²) in [6.45, 7) is 0.252. The van der Waals surface area contributed by atoms with Crippen molar-refractivity contribution in [2.24, 2.45) is 0 Å². The van der Waals surface area contributed by atoms with Gasteiger partial charge in [0.15, 0.2) is 0 Å². The molecule has 0 aliphatic rings. The average molecular weight is 343 g/mol. The first-order valence-electron chi connectivity index (χ1n) is 6.45. The Morgan fingerprint density at radius 3 is 2.04 bits per heavy atom. The van der Waals surface area contributed by atoms with Crippen LogP contribution in [0.15, 0.2) is 59.5 Å². The highest BCUT2D eigenvalue weighted by Gasteiger charge is 2.46. The molecule has 2 aromatic rings. The molecule has 2 aromatic carbocycles. The van der Waals surface area contributed by atoms with Gasteiger partial charge in [-0.25, -0.2) is 8.42 Å². The van der Waals surface area contributed by atoms with E-state index in [1.165, 1.54) is 0 Å². The van der Waals surface area contributed by atoms with Gasteiger partial charge in [-0.15, -0.1) is 0 Å². The quantitative estimate of drug-likeness (QED) is 0.928. The van der Waals surface area contributed by atoms with E-state index in [0.717, 1.165) is 29.8 Å². The van der Waals surface area contributed by atoms with Crippen LogP contribution in [0.2, 0.25) is 0 Å². The van der Waals surface area contributed by atoms with Gasteiger partial charge in [0.05, 0.1) is 4.90 Å². The van der Waals surface area contributed by atoms with E-state index in [4.69, 9.17) is 0 Å². The van der Waals surface area contributed by atoms with Gasteiger partial charge in [0.25, 0.3) is 15.7 Å². The molecule has 1 amide bonds. The van der Waals surface area contributed by atoms with Gasteiger partial charge in [0.1, 0.15) is 0 Å². The smallest absolute Gasteiger partial charge is 0.348 e. The molecule has 1 N–H and O–H groups in total. The Morgan fingerprint density at radius 2 is 1.52 bits per heavy atom. The maximum atomic E-state index is 12.4. The number of halogens is 3. The number of carbonyl (C=O) groups is 1. The fourth-order valence-corrected chi connectivity index (χ4v) is 2.56. The number of sulfone groups is 1. The van der Waals surface area contributed by atoms with Crippen molar-refractivity contribution in [1.29, 1.82) is 0 Å². The highest BCUT2D eigenvalue weighted by Crippen LogP contribution is 2.30. The van der Waals surface area contributed by atoms with E-state index in [2.05, 4.69) is 5.32 Å². The van der Waals surface area contributed by atoms with Crippen LogP contribution in [0.1, 0.15) is 15.9 Å². The Bertz CT molecular complexity index is 785. The van der Waals surface area contributed by atoms with Crippen molar-refractivity contribution in [3.63, 3.8) is 0 Å². The second-order valence-electron chi connectivity index (χ2n) is 4.64. The average Bonchev–Trinajstić information content (AvgIpc) is 2.52. The van der Waals surface area contributed by atoms with E-state index in [0.29, 0.717) is 0 Å². The van der Waals surface area contributed by atoms with Crippen LogP contribution in [-0.4, -0.2) is 19.8 Å². The molecule has 0 bridgehead atoms. The summed E-state index contributed by atoms with van der Waals surface area (Å²) < 4.78 is 59.7. The van der Waals surface area contributed by atoms with E-state index in [1.807, 2.05) is 6.07 Å². The molecule has 23 heavy (non-hydrogen) atoms. The van der Waals surface area contributed by atoms with E-state index in [-0.39, 0.29) is 12.1 Å². The first kappa shape index (κ1) is 17.0. The molecule has 2 rings (SSSR count). The van der Waals surface area contributed by atoms with Crippen molar-refractivity contribution in [3.8, 4) is 0 Å². The van der Waals surface area contributed by atoms with Crippen LogP contribution < -0.4 is 5.32 Å². The molecular weight excluding hydrogens is 331 g/mol. The minimum atomic E-state index is -5.41. The van der Waals surface area contributed by atoms with Gasteiger partial charge in [-0.3, -0.25) is 4.79 Å². The number of carbonyl (C=O) groups excluding carboxylic acids is 1. The monoisotopic (exact) mass is 343 g/mol. The second kappa shape index (κ2) is 6.41. The third kappa shape index (κ3) is 3.89.